The molecule has 1 N–H and O–H groups in total. The molecule has 1 aliphatic carbocycles. The fraction of sp³-hybridized carbons (Fsp3) is 0.333. The minimum atomic E-state index is -3.88. The number of benzene rings is 4. The van der Waals surface area contributed by atoms with Crippen LogP contribution >= 0.6 is 0 Å². The molecule has 8 nitrogen and oxygen atoms in total. The molecule has 9 heteroatoms. The van der Waals surface area contributed by atoms with Crippen LogP contribution < -0.4 is 14.4 Å². The zero-order valence-corrected chi connectivity index (χ0v) is 28.6. The Morgan fingerprint density at radius 1 is 0.792 bits per heavy atom. The van der Waals surface area contributed by atoms with Crippen LogP contribution in [0, 0.1) is 6.92 Å². The highest BCUT2D eigenvalue weighted by Gasteiger charge is 2.34. The van der Waals surface area contributed by atoms with Gasteiger partial charge >= 0.3 is 0 Å². The van der Waals surface area contributed by atoms with E-state index in [-0.39, 0.29) is 18.5 Å². The van der Waals surface area contributed by atoms with E-state index >= 15 is 0 Å². The van der Waals surface area contributed by atoms with Crippen LogP contribution in [-0.2, 0) is 39.2 Å². The summed E-state index contributed by atoms with van der Waals surface area (Å²) in [5.74, 6) is -0.118. The largest absolute Gasteiger partial charge is 0.489 e. The molecule has 0 aliphatic heterocycles. The highest BCUT2D eigenvalue weighted by molar-refractivity contribution is 7.92. The van der Waals surface area contributed by atoms with Gasteiger partial charge in [-0.15, -0.1) is 0 Å². The molecule has 4 aromatic carbocycles. The second-order valence-electron chi connectivity index (χ2n) is 12.6. The van der Waals surface area contributed by atoms with Crippen molar-refractivity contribution in [2.24, 2.45) is 0 Å². The first kappa shape index (κ1) is 34.7. The number of nitrogens with zero attached hydrogens (tertiary/aromatic N) is 2. The molecule has 252 valence electrons. The summed E-state index contributed by atoms with van der Waals surface area (Å²) in [6, 6.07) is 33.1. The van der Waals surface area contributed by atoms with Crippen molar-refractivity contribution >= 4 is 27.5 Å². The molecule has 0 aromatic heterocycles. The molecule has 48 heavy (non-hydrogen) atoms. The smallest absolute Gasteiger partial charge is 0.244 e. The molecule has 5 rings (SSSR count). The lowest BCUT2D eigenvalue weighted by atomic mass is 9.94. The highest BCUT2D eigenvalue weighted by Crippen LogP contribution is 2.24. The van der Waals surface area contributed by atoms with Crippen LogP contribution in [0.15, 0.2) is 109 Å². The van der Waals surface area contributed by atoms with Gasteiger partial charge in [0.05, 0.1) is 11.9 Å². The monoisotopic (exact) mass is 667 g/mol. The summed E-state index contributed by atoms with van der Waals surface area (Å²) in [6.07, 6.45) is 6.45. The number of hydrogen-bond acceptors (Lipinski definition) is 5. The lowest BCUT2D eigenvalue weighted by Gasteiger charge is -2.35. The quantitative estimate of drug-likeness (QED) is 0.167. The van der Waals surface area contributed by atoms with Crippen molar-refractivity contribution in [3.05, 3.63) is 131 Å². The molecule has 0 unspecified atom stereocenters. The number of rotatable bonds is 14. The van der Waals surface area contributed by atoms with Crippen LogP contribution in [0.25, 0.3) is 0 Å². The van der Waals surface area contributed by atoms with E-state index < -0.39 is 28.5 Å². The van der Waals surface area contributed by atoms with Crippen LogP contribution in [0.4, 0.5) is 5.69 Å². The summed E-state index contributed by atoms with van der Waals surface area (Å²) in [5, 5.41) is 3.24. The molecule has 4 aromatic rings. The third kappa shape index (κ3) is 9.94. The molecule has 0 heterocycles. The van der Waals surface area contributed by atoms with E-state index in [0.717, 1.165) is 64.9 Å². The average molecular weight is 668 g/mol. The Balaban J connectivity index is 1.43. The Labute approximate surface area is 284 Å². The highest BCUT2D eigenvalue weighted by atomic mass is 32.2. The fourth-order valence-corrected chi connectivity index (χ4v) is 6.90. The van der Waals surface area contributed by atoms with Crippen molar-refractivity contribution in [1.82, 2.24) is 10.2 Å². The maximum Gasteiger partial charge on any atom is 0.244 e. The predicted octanol–water partition coefficient (Wildman–Crippen LogP) is 6.43. The molecule has 0 bridgehead atoms. The van der Waals surface area contributed by atoms with Crippen LogP contribution in [0.2, 0.25) is 0 Å². The number of anilines is 1. The van der Waals surface area contributed by atoms with Crippen molar-refractivity contribution < 1.29 is 22.7 Å². The zero-order valence-electron chi connectivity index (χ0n) is 27.8. The van der Waals surface area contributed by atoms with Crippen LogP contribution in [-0.4, -0.2) is 50.0 Å². The Bertz CT molecular complexity index is 1720. The Morgan fingerprint density at radius 3 is 2.00 bits per heavy atom. The van der Waals surface area contributed by atoms with E-state index in [1.54, 1.807) is 29.2 Å². The summed E-state index contributed by atoms with van der Waals surface area (Å²) in [7, 11) is -3.88. The van der Waals surface area contributed by atoms with Crippen LogP contribution in [0.3, 0.4) is 0 Å². The molecular weight excluding hydrogens is 623 g/mol. The molecule has 2 amide bonds. The molecule has 1 saturated carbocycles. The third-order valence-electron chi connectivity index (χ3n) is 8.75. The average Bonchev–Trinajstić information content (AvgIpc) is 3.09. The lowest BCUT2D eigenvalue weighted by Crippen LogP contribution is -2.55. The fourth-order valence-electron chi connectivity index (χ4n) is 6.05. The SMILES string of the molecule is Cc1ccc(CN(C(=O)CN(c2ccc(OCc3ccccc3)cc2)S(C)(=O)=O)[C@@H](Cc2ccccc2)C(=O)NC2CCCCC2)cc1. The number of carbonyl (C=O) groups excluding carboxylic acids is 2. The minimum Gasteiger partial charge on any atom is -0.489 e. The Morgan fingerprint density at radius 2 is 1.40 bits per heavy atom. The Kier molecular flexibility index (Phi) is 11.9. The van der Waals surface area contributed by atoms with E-state index in [1.807, 2.05) is 91.9 Å². The first-order valence-electron chi connectivity index (χ1n) is 16.6. The van der Waals surface area contributed by atoms with Gasteiger partial charge in [-0.1, -0.05) is 110 Å². The number of carbonyl (C=O) groups is 2. The number of nitrogens with one attached hydrogen (secondary N) is 1. The zero-order chi connectivity index (χ0) is 33.9. The first-order chi connectivity index (χ1) is 23.2. The first-order valence-corrected chi connectivity index (χ1v) is 18.4. The minimum absolute atomic E-state index is 0.0518. The molecule has 0 saturated heterocycles. The van der Waals surface area contributed by atoms with Gasteiger partial charge in [0.15, 0.2) is 0 Å². The molecule has 1 fully saturated rings. The molecule has 0 spiro atoms. The summed E-state index contributed by atoms with van der Waals surface area (Å²) in [4.78, 5) is 30.1. The van der Waals surface area contributed by atoms with E-state index in [2.05, 4.69) is 5.32 Å². The van der Waals surface area contributed by atoms with Crippen molar-refractivity contribution in [2.75, 3.05) is 17.1 Å². The standard InChI is InChI=1S/C39H45N3O5S/c1-30-18-20-32(21-19-30)27-41(37(26-31-12-6-3-7-13-31)39(44)40-34-16-10-5-11-17-34)38(43)28-42(48(2,45)46)35-22-24-36(25-23-35)47-29-33-14-8-4-9-15-33/h3-4,6-9,12-15,18-25,34,37H,5,10-11,16-17,26-29H2,1-2H3,(H,40,44)/t37-/m0/s1. The number of ether oxygens (including phenoxy) is 1. The normalized spacial score (nSPS) is 14.1. The number of aryl methyl sites for hydroxylation is 1. The lowest BCUT2D eigenvalue weighted by molar-refractivity contribution is -0.140. The van der Waals surface area contributed by atoms with Crippen molar-refractivity contribution in [3.63, 3.8) is 0 Å². The molecule has 1 atom stereocenters. The summed E-state index contributed by atoms with van der Waals surface area (Å²) >= 11 is 0. The molecule has 0 radical (unpaired) electrons. The van der Waals surface area contributed by atoms with Crippen molar-refractivity contribution in [3.8, 4) is 5.75 Å². The van der Waals surface area contributed by atoms with Gasteiger partial charge in [-0.3, -0.25) is 13.9 Å². The van der Waals surface area contributed by atoms with Gasteiger partial charge in [-0.05, 0) is 60.7 Å². The second kappa shape index (κ2) is 16.5. The number of sulfonamides is 1. The molecular formula is C39H45N3O5S. The second-order valence-corrected chi connectivity index (χ2v) is 14.5. The number of amides is 2. The van der Waals surface area contributed by atoms with Crippen molar-refractivity contribution in [2.45, 2.75) is 70.7 Å². The number of hydrogen-bond donors (Lipinski definition) is 1. The van der Waals surface area contributed by atoms with Gasteiger partial charge in [-0.2, -0.15) is 0 Å². The summed E-state index contributed by atoms with van der Waals surface area (Å²) < 4.78 is 33.4. The topological polar surface area (TPSA) is 96.0 Å². The predicted molar refractivity (Wildman–Crippen MR) is 190 cm³/mol. The van der Waals surface area contributed by atoms with E-state index in [0.29, 0.717) is 24.5 Å². The third-order valence-corrected chi connectivity index (χ3v) is 9.89. The maximum absolute atomic E-state index is 14.4. The van der Waals surface area contributed by atoms with Gasteiger partial charge in [-0.25, -0.2) is 8.42 Å². The van der Waals surface area contributed by atoms with Crippen LogP contribution in [0.5, 0.6) is 5.75 Å². The van der Waals surface area contributed by atoms with Gasteiger partial charge < -0.3 is 15.0 Å². The van der Waals surface area contributed by atoms with Crippen LogP contribution in [0.1, 0.15) is 54.4 Å². The van der Waals surface area contributed by atoms with E-state index in [9.17, 15) is 18.0 Å². The summed E-state index contributed by atoms with van der Waals surface area (Å²) in [6.45, 7) is 2.05. The van der Waals surface area contributed by atoms with E-state index in [1.165, 1.54) is 0 Å². The van der Waals surface area contributed by atoms with Crippen molar-refractivity contribution in [1.29, 1.82) is 0 Å². The molecule has 1 aliphatic rings. The van der Waals surface area contributed by atoms with Gasteiger partial charge in [0.25, 0.3) is 0 Å². The maximum atomic E-state index is 14.4. The Hall–Kier alpha value is -4.63. The van der Waals surface area contributed by atoms with Gasteiger partial charge in [0.1, 0.15) is 24.9 Å². The van der Waals surface area contributed by atoms with E-state index in [4.69, 9.17) is 4.74 Å². The van der Waals surface area contributed by atoms with Gasteiger partial charge in [0, 0.05) is 19.0 Å². The van der Waals surface area contributed by atoms with Gasteiger partial charge in [0.2, 0.25) is 21.8 Å². The summed E-state index contributed by atoms with van der Waals surface area (Å²) in [5.41, 5.74) is 4.18.